The molecule has 1 N–H and O–H groups in total. The van der Waals surface area contributed by atoms with Gasteiger partial charge in [0.25, 0.3) is 0 Å². The van der Waals surface area contributed by atoms with Crippen molar-refractivity contribution in [1.82, 2.24) is 4.90 Å². The minimum atomic E-state index is -0.431. The number of hydrogen-bond donors (Lipinski definition) is 1. The van der Waals surface area contributed by atoms with E-state index < -0.39 is 6.10 Å². The number of benzene rings is 1. The maximum atomic E-state index is 10.2. The van der Waals surface area contributed by atoms with Crippen molar-refractivity contribution < 1.29 is 9.84 Å². The molecule has 0 bridgehead atoms. The monoisotopic (exact) mass is 265 g/mol. The van der Waals surface area contributed by atoms with Crippen LogP contribution in [0.15, 0.2) is 24.3 Å². The summed E-state index contributed by atoms with van der Waals surface area (Å²) in [5.41, 5.74) is 0.950. The minimum absolute atomic E-state index is 0.177. The Kier molecular flexibility index (Phi) is 6.89. The van der Waals surface area contributed by atoms with Gasteiger partial charge in [-0.1, -0.05) is 26.0 Å². The van der Waals surface area contributed by atoms with E-state index >= 15 is 0 Å². The highest BCUT2D eigenvalue weighted by molar-refractivity contribution is 5.28. The molecule has 0 amide bonds. The third kappa shape index (κ3) is 5.62. The number of ether oxygens (including phenoxy) is 1. The van der Waals surface area contributed by atoms with Crippen LogP contribution in [0.3, 0.4) is 0 Å². The topological polar surface area (TPSA) is 32.7 Å². The number of aliphatic hydroxyl groups excluding tert-OH is 1. The molecule has 1 aromatic carbocycles. The van der Waals surface area contributed by atoms with Gasteiger partial charge >= 0.3 is 0 Å². The Labute approximate surface area is 117 Å². The highest BCUT2D eigenvalue weighted by Gasteiger charge is 2.12. The first-order valence-corrected chi connectivity index (χ1v) is 7.23. The summed E-state index contributed by atoms with van der Waals surface area (Å²) in [6.07, 6.45) is 0.859. The quantitative estimate of drug-likeness (QED) is 0.783. The molecule has 1 rings (SSSR count). The van der Waals surface area contributed by atoms with E-state index in [-0.39, 0.29) is 6.10 Å². The van der Waals surface area contributed by atoms with Crippen molar-refractivity contribution in [2.24, 2.45) is 0 Å². The summed E-state index contributed by atoms with van der Waals surface area (Å²) < 4.78 is 5.60. The lowest BCUT2D eigenvalue weighted by atomic mass is 10.1. The zero-order valence-corrected chi connectivity index (χ0v) is 12.6. The van der Waals surface area contributed by atoms with Gasteiger partial charge in [-0.2, -0.15) is 0 Å². The van der Waals surface area contributed by atoms with Crippen LogP contribution in [0.1, 0.15) is 45.8 Å². The summed E-state index contributed by atoms with van der Waals surface area (Å²) >= 11 is 0. The molecule has 0 radical (unpaired) electrons. The van der Waals surface area contributed by atoms with Gasteiger partial charge in [-0.15, -0.1) is 0 Å². The molecule has 0 fully saturated rings. The molecule has 0 aliphatic heterocycles. The number of hydrogen-bond acceptors (Lipinski definition) is 3. The van der Waals surface area contributed by atoms with E-state index in [0.717, 1.165) is 30.8 Å². The molecular weight excluding hydrogens is 238 g/mol. The molecule has 3 nitrogen and oxygen atoms in total. The molecule has 0 spiro atoms. The second-order valence-corrected chi connectivity index (χ2v) is 5.14. The van der Waals surface area contributed by atoms with Gasteiger partial charge in [-0.25, -0.2) is 0 Å². The van der Waals surface area contributed by atoms with Gasteiger partial charge in [0.2, 0.25) is 0 Å². The second-order valence-electron chi connectivity index (χ2n) is 5.14. The largest absolute Gasteiger partial charge is 0.491 e. The zero-order chi connectivity index (χ0) is 14.3. The van der Waals surface area contributed by atoms with Crippen molar-refractivity contribution in [3.05, 3.63) is 29.8 Å². The lowest BCUT2D eigenvalue weighted by Crippen LogP contribution is -2.29. The van der Waals surface area contributed by atoms with Crippen molar-refractivity contribution in [1.29, 1.82) is 0 Å². The molecule has 0 saturated heterocycles. The highest BCUT2D eigenvalue weighted by Crippen LogP contribution is 2.19. The lowest BCUT2D eigenvalue weighted by molar-refractivity contribution is 0.116. The molecule has 0 aliphatic rings. The molecule has 0 aliphatic carbocycles. The fourth-order valence-electron chi connectivity index (χ4n) is 2.09. The van der Waals surface area contributed by atoms with Crippen LogP contribution in [0.2, 0.25) is 0 Å². The molecule has 1 aromatic rings. The first-order chi connectivity index (χ1) is 9.06. The second kappa shape index (κ2) is 8.18. The fourth-order valence-corrected chi connectivity index (χ4v) is 2.09. The minimum Gasteiger partial charge on any atom is -0.491 e. The highest BCUT2D eigenvalue weighted by atomic mass is 16.5. The SMILES string of the molecule is CCCN(CC)CC(O)c1ccc(OC(C)C)cc1. The van der Waals surface area contributed by atoms with Crippen LogP contribution in [-0.4, -0.2) is 35.7 Å². The molecule has 0 aromatic heterocycles. The number of nitrogens with zero attached hydrogens (tertiary/aromatic N) is 1. The van der Waals surface area contributed by atoms with Crippen molar-refractivity contribution in [3.63, 3.8) is 0 Å². The van der Waals surface area contributed by atoms with Crippen molar-refractivity contribution in [2.45, 2.75) is 46.3 Å². The summed E-state index contributed by atoms with van der Waals surface area (Å²) in [7, 11) is 0. The molecule has 0 saturated carbocycles. The van der Waals surface area contributed by atoms with Crippen molar-refractivity contribution in [2.75, 3.05) is 19.6 Å². The first kappa shape index (κ1) is 16.0. The Hall–Kier alpha value is -1.06. The van der Waals surface area contributed by atoms with E-state index in [1.165, 1.54) is 0 Å². The van der Waals surface area contributed by atoms with Crippen LogP contribution < -0.4 is 4.74 Å². The van der Waals surface area contributed by atoms with E-state index in [0.29, 0.717) is 6.54 Å². The Balaban J connectivity index is 2.59. The number of likely N-dealkylation sites (N-methyl/N-ethyl adjacent to an activating group) is 1. The molecule has 19 heavy (non-hydrogen) atoms. The van der Waals surface area contributed by atoms with E-state index in [9.17, 15) is 5.11 Å². The van der Waals surface area contributed by atoms with Gasteiger partial charge in [-0.3, -0.25) is 0 Å². The van der Waals surface area contributed by atoms with Gasteiger partial charge in [0.15, 0.2) is 0 Å². The van der Waals surface area contributed by atoms with Crippen LogP contribution in [-0.2, 0) is 0 Å². The van der Waals surface area contributed by atoms with E-state index in [2.05, 4.69) is 18.7 Å². The van der Waals surface area contributed by atoms with Crippen LogP contribution in [0.5, 0.6) is 5.75 Å². The molecule has 0 heterocycles. The first-order valence-electron chi connectivity index (χ1n) is 7.23. The Morgan fingerprint density at radius 2 is 1.79 bits per heavy atom. The Bertz CT molecular complexity index is 348. The Morgan fingerprint density at radius 1 is 1.16 bits per heavy atom. The van der Waals surface area contributed by atoms with Crippen LogP contribution in [0.25, 0.3) is 0 Å². The predicted octanol–water partition coefficient (Wildman–Crippen LogP) is 3.24. The van der Waals surface area contributed by atoms with Gasteiger partial charge in [-0.05, 0) is 51.1 Å². The van der Waals surface area contributed by atoms with Gasteiger partial charge in [0.05, 0.1) is 12.2 Å². The molecule has 1 atom stereocenters. The average molecular weight is 265 g/mol. The molecule has 1 unspecified atom stereocenters. The fraction of sp³-hybridized carbons (Fsp3) is 0.625. The summed E-state index contributed by atoms with van der Waals surface area (Å²) in [5.74, 6) is 0.854. The maximum Gasteiger partial charge on any atom is 0.119 e. The smallest absolute Gasteiger partial charge is 0.119 e. The maximum absolute atomic E-state index is 10.2. The average Bonchev–Trinajstić information content (AvgIpc) is 2.38. The normalized spacial score (nSPS) is 13.0. The van der Waals surface area contributed by atoms with Gasteiger partial charge in [0.1, 0.15) is 5.75 Å². The van der Waals surface area contributed by atoms with Crippen LogP contribution in [0.4, 0.5) is 0 Å². The van der Waals surface area contributed by atoms with E-state index in [1.807, 2.05) is 38.1 Å². The third-order valence-electron chi connectivity index (χ3n) is 3.05. The molecular formula is C16H27NO2. The summed E-state index contributed by atoms with van der Waals surface area (Å²) in [6.45, 7) is 11.0. The van der Waals surface area contributed by atoms with Gasteiger partial charge < -0.3 is 14.7 Å². The number of rotatable bonds is 8. The summed E-state index contributed by atoms with van der Waals surface area (Å²) in [6, 6.07) is 7.74. The van der Waals surface area contributed by atoms with Crippen molar-refractivity contribution in [3.8, 4) is 5.75 Å². The van der Waals surface area contributed by atoms with Crippen molar-refractivity contribution >= 4 is 0 Å². The summed E-state index contributed by atoms with van der Waals surface area (Å²) in [5, 5.41) is 10.2. The zero-order valence-electron chi connectivity index (χ0n) is 12.6. The van der Waals surface area contributed by atoms with E-state index in [1.54, 1.807) is 0 Å². The molecule has 108 valence electrons. The van der Waals surface area contributed by atoms with Gasteiger partial charge in [0, 0.05) is 6.54 Å². The van der Waals surface area contributed by atoms with E-state index in [4.69, 9.17) is 4.74 Å². The summed E-state index contributed by atoms with van der Waals surface area (Å²) in [4.78, 5) is 2.27. The predicted molar refractivity (Wildman–Crippen MR) is 79.6 cm³/mol. The van der Waals surface area contributed by atoms with Crippen LogP contribution in [0, 0.1) is 0 Å². The lowest BCUT2D eigenvalue weighted by Gasteiger charge is -2.23. The standard InChI is InChI=1S/C16H27NO2/c1-5-11-17(6-2)12-16(18)14-7-9-15(10-8-14)19-13(3)4/h7-10,13,16,18H,5-6,11-12H2,1-4H3. The number of aliphatic hydroxyl groups is 1. The molecule has 3 heteroatoms. The third-order valence-corrected chi connectivity index (χ3v) is 3.05. The Morgan fingerprint density at radius 3 is 2.26 bits per heavy atom. The van der Waals surface area contributed by atoms with Crippen LogP contribution >= 0.6 is 0 Å².